The summed E-state index contributed by atoms with van der Waals surface area (Å²) in [5.74, 6) is 0.804. The molecule has 0 spiro atoms. The van der Waals surface area contributed by atoms with Gasteiger partial charge in [-0.15, -0.1) is 0 Å². The number of pyridine rings is 1. The zero-order valence-corrected chi connectivity index (χ0v) is 11.4. The predicted octanol–water partition coefficient (Wildman–Crippen LogP) is -0.566. The molecule has 0 aliphatic carbocycles. The number of nitrogens with zero attached hydrogens (tertiary/aromatic N) is 3. The van der Waals surface area contributed by atoms with Crippen molar-refractivity contribution in [1.82, 2.24) is 14.8 Å². The van der Waals surface area contributed by atoms with Crippen molar-refractivity contribution in [3.63, 3.8) is 0 Å². The number of likely N-dealkylation sites (tertiary alicyclic amines) is 1. The Bertz CT molecular complexity index is 629. The molecule has 8 nitrogen and oxygen atoms in total. The van der Waals surface area contributed by atoms with Crippen LogP contribution in [0.5, 0.6) is 0 Å². The number of hydrogen-bond donors (Lipinski definition) is 1. The van der Waals surface area contributed by atoms with Crippen LogP contribution in [0.25, 0.3) is 0 Å². The van der Waals surface area contributed by atoms with Crippen LogP contribution in [-0.2, 0) is 11.3 Å². The van der Waals surface area contributed by atoms with Gasteiger partial charge in [0.1, 0.15) is 6.54 Å². The molecule has 2 aliphatic rings. The van der Waals surface area contributed by atoms with E-state index in [0.717, 1.165) is 36.0 Å². The molecule has 0 aromatic carbocycles. The summed E-state index contributed by atoms with van der Waals surface area (Å²) in [6.07, 6.45) is 1.12. The number of fused-ring (bicyclic) bond motifs is 1. The molecular formula is C13H16N4O4. The Morgan fingerprint density at radius 2 is 2.00 bits per heavy atom. The first-order valence-electron chi connectivity index (χ1n) is 6.88. The Balaban J connectivity index is 1.72. The molecule has 0 unspecified atom stereocenters. The van der Waals surface area contributed by atoms with Gasteiger partial charge in [0.25, 0.3) is 11.2 Å². The van der Waals surface area contributed by atoms with Gasteiger partial charge in [0.05, 0.1) is 11.1 Å². The molecule has 1 amide bonds. The van der Waals surface area contributed by atoms with Crippen LogP contribution < -0.4 is 10.9 Å². The van der Waals surface area contributed by atoms with Crippen molar-refractivity contribution < 1.29 is 9.72 Å². The summed E-state index contributed by atoms with van der Waals surface area (Å²) in [7, 11) is 0. The van der Waals surface area contributed by atoms with Crippen molar-refractivity contribution in [1.29, 1.82) is 0 Å². The Labute approximate surface area is 120 Å². The van der Waals surface area contributed by atoms with Gasteiger partial charge in [0.2, 0.25) is 5.91 Å². The van der Waals surface area contributed by atoms with Crippen LogP contribution >= 0.6 is 0 Å². The Morgan fingerprint density at radius 1 is 1.33 bits per heavy atom. The van der Waals surface area contributed by atoms with Gasteiger partial charge in [-0.2, -0.15) is 0 Å². The fourth-order valence-electron chi connectivity index (χ4n) is 3.06. The summed E-state index contributed by atoms with van der Waals surface area (Å²) in [5, 5.41) is 14.0. The van der Waals surface area contributed by atoms with E-state index in [1.54, 1.807) is 4.90 Å². The van der Waals surface area contributed by atoms with E-state index in [0.29, 0.717) is 24.9 Å². The molecule has 0 radical (unpaired) electrons. The first-order valence-corrected chi connectivity index (χ1v) is 6.88. The summed E-state index contributed by atoms with van der Waals surface area (Å²) in [6, 6.07) is 2.27. The Morgan fingerprint density at radius 3 is 2.62 bits per heavy atom. The molecule has 3 heterocycles. The second-order valence-electron chi connectivity index (χ2n) is 5.59. The van der Waals surface area contributed by atoms with Crippen LogP contribution in [0.2, 0.25) is 0 Å². The minimum absolute atomic E-state index is 0.145. The van der Waals surface area contributed by atoms with Gasteiger partial charge >= 0.3 is 0 Å². The molecule has 21 heavy (non-hydrogen) atoms. The van der Waals surface area contributed by atoms with Gasteiger partial charge in [-0.05, 0) is 11.8 Å². The van der Waals surface area contributed by atoms with Crippen LogP contribution in [0.3, 0.4) is 0 Å². The van der Waals surface area contributed by atoms with E-state index in [4.69, 9.17) is 0 Å². The topological polar surface area (TPSA) is 97.5 Å². The Kier molecular flexibility index (Phi) is 3.46. The molecule has 2 fully saturated rings. The van der Waals surface area contributed by atoms with Crippen LogP contribution in [0, 0.1) is 22.0 Å². The molecule has 2 aliphatic heterocycles. The molecule has 2 atom stereocenters. The molecule has 3 rings (SSSR count). The summed E-state index contributed by atoms with van der Waals surface area (Å²) in [4.78, 5) is 35.9. The molecule has 112 valence electrons. The van der Waals surface area contributed by atoms with Gasteiger partial charge in [0, 0.05) is 38.3 Å². The summed E-state index contributed by atoms with van der Waals surface area (Å²) in [6.45, 7) is 3.09. The molecule has 0 bridgehead atoms. The zero-order chi connectivity index (χ0) is 15.0. The third-order valence-electron chi connectivity index (χ3n) is 4.23. The van der Waals surface area contributed by atoms with E-state index in [1.807, 2.05) is 0 Å². The van der Waals surface area contributed by atoms with Crippen molar-refractivity contribution in [2.75, 3.05) is 26.2 Å². The van der Waals surface area contributed by atoms with E-state index in [9.17, 15) is 19.7 Å². The van der Waals surface area contributed by atoms with Crippen LogP contribution in [-0.4, -0.2) is 46.5 Å². The number of hydrogen-bond acceptors (Lipinski definition) is 5. The van der Waals surface area contributed by atoms with Crippen molar-refractivity contribution in [3.8, 4) is 0 Å². The van der Waals surface area contributed by atoms with Crippen LogP contribution in [0.1, 0.15) is 0 Å². The average Bonchev–Trinajstić information content (AvgIpc) is 3.01. The van der Waals surface area contributed by atoms with E-state index in [1.165, 1.54) is 0 Å². The normalized spacial score (nSPS) is 24.1. The molecule has 1 aromatic heterocycles. The number of nitro groups is 1. The number of aromatic nitrogens is 1. The Hall–Kier alpha value is -2.22. The van der Waals surface area contributed by atoms with Crippen molar-refractivity contribution in [3.05, 3.63) is 38.8 Å². The van der Waals surface area contributed by atoms with Gasteiger partial charge in [-0.1, -0.05) is 0 Å². The molecule has 1 aromatic rings. The van der Waals surface area contributed by atoms with Crippen molar-refractivity contribution >= 4 is 11.6 Å². The van der Waals surface area contributed by atoms with E-state index < -0.39 is 10.5 Å². The molecular weight excluding hydrogens is 276 g/mol. The summed E-state index contributed by atoms with van der Waals surface area (Å²) >= 11 is 0. The zero-order valence-electron chi connectivity index (χ0n) is 11.4. The lowest BCUT2D eigenvalue weighted by Gasteiger charge is -2.18. The quantitative estimate of drug-likeness (QED) is 0.594. The fraction of sp³-hybridized carbons (Fsp3) is 0.538. The first kappa shape index (κ1) is 13.7. The predicted molar refractivity (Wildman–Crippen MR) is 73.8 cm³/mol. The second kappa shape index (κ2) is 5.28. The highest BCUT2D eigenvalue weighted by atomic mass is 16.6. The summed E-state index contributed by atoms with van der Waals surface area (Å²) < 4.78 is 1.10. The number of amides is 1. The molecule has 0 saturated carbocycles. The average molecular weight is 292 g/mol. The van der Waals surface area contributed by atoms with E-state index >= 15 is 0 Å². The first-order chi connectivity index (χ1) is 10.0. The number of carbonyl (C=O) groups excluding carboxylic acids is 1. The lowest BCUT2D eigenvalue weighted by Crippen LogP contribution is -2.36. The third kappa shape index (κ3) is 2.66. The minimum atomic E-state index is -0.577. The molecule has 2 saturated heterocycles. The van der Waals surface area contributed by atoms with Crippen LogP contribution in [0.15, 0.2) is 23.1 Å². The van der Waals surface area contributed by atoms with Gasteiger partial charge in [-0.3, -0.25) is 24.3 Å². The van der Waals surface area contributed by atoms with Crippen LogP contribution in [0.4, 0.5) is 5.69 Å². The molecule has 1 N–H and O–H groups in total. The van der Waals surface area contributed by atoms with Gasteiger partial charge < -0.3 is 10.2 Å². The van der Waals surface area contributed by atoms with Crippen molar-refractivity contribution in [2.45, 2.75) is 6.54 Å². The van der Waals surface area contributed by atoms with E-state index in [2.05, 4.69) is 5.32 Å². The minimum Gasteiger partial charge on any atom is -0.340 e. The third-order valence-corrected chi connectivity index (χ3v) is 4.23. The maximum Gasteiger partial charge on any atom is 0.285 e. The monoisotopic (exact) mass is 292 g/mol. The lowest BCUT2D eigenvalue weighted by atomic mass is 10.0. The smallest absolute Gasteiger partial charge is 0.285 e. The highest BCUT2D eigenvalue weighted by molar-refractivity contribution is 5.76. The van der Waals surface area contributed by atoms with E-state index in [-0.39, 0.29) is 18.1 Å². The lowest BCUT2D eigenvalue weighted by molar-refractivity contribution is -0.385. The number of rotatable bonds is 3. The SMILES string of the molecule is O=C(Cn1cc([N+](=O)[O-])ccc1=O)N1C[C@H]2CNC[C@H]2C1. The standard InChI is InChI=1S/C13H16N4O4/c18-12-2-1-11(17(20)21)7-16(12)8-13(19)15-5-9-3-14-4-10(9)6-15/h1-2,7,9-10,14H,3-6,8H2/t9-,10+. The maximum atomic E-state index is 12.3. The van der Waals surface area contributed by atoms with Gasteiger partial charge in [0.15, 0.2) is 0 Å². The highest BCUT2D eigenvalue weighted by Gasteiger charge is 2.37. The summed E-state index contributed by atoms with van der Waals surface area (Å²) in [5.41, 5.74) is -0.597. The number of nitrogens with one attached hydrogen (secondary N) is 1. The fourth-order valence-corrected chi connectivity index (χ4v) is 3.06. The highest BCUT2D eigenvalue weighted by Crippen LogP contribution is 2.26. The molecule has 8 heteroatoms. The number of carbonyl (C=O) groups is 1. The van der Waals surface area contributed by atoms with Crippen molar-refractivity contribution in [2.24, 2.45) is 11.8 Å². The largest absolute Gasteiger partial charge is 0.340 e. The maximum absolute atomic E-state index is 12.3. The van der Waals surface area contributed by atoms with Gasteiger partial charge in [-0.25, -0.2) is 0 Å². The second-order valence-corrected chi connectivity index (χ2v) is 5.59.